The van der Waals surface area contributed by atoms with Gasteiger partial charge in [0.25, 0.3) is 0 Å². The van der Waals surface area contributed by atoms with E-state index in [4.69, 9.17) is 16.7 Å². The Labute approximate surface area is 187 Å². The van der Waals surface area contributed by atoms with Crippen LogP contribution in [0.25, 0.3) is 16.9 Å². The van der Waals surface area contributed by atoms with E-state index in [1.165, 1.54) is 12.1 Å². The van der Waals surface area contributed by atoms with Crippen molar-refractivity contribution in [1.29, 1.82) is 0 Å². The van der Waals surface area contributed by atoms with Gasteiger partial charge >= 0.3 is 0 Å². The molecule has 164 valence electrons. The summed E-state index contributed by atoms with van der Waals surface area (Å²) >= 11 is 6.44. The Morgan fingerprint density at radius 3 is 2.74 bits per heavy atom. The Kier molecular flexibility index (Phi) is 7.35. The van der Waals surface area contributed by atoms with Gasteiger partial charge in [-0.2, -0.15) is 5.10 Å². The summed E-state index contributed by atoms with van der Waals surface area (Å²) in [6, 6.07) is 14.0. The highest BCUT2D eigenvalue weighted by atomic mass is 35.5. The molecule has 0 saturated carbocycles. The second kappa shape index (κ2) is 10.4. The number of benzene rings is 2. The zero-order valence-electron chi connectivity index (χ0n) is 17.5. The third-order valence-corrected chi connectivity index (χ3v) is 5.96. The molecule has 0 radical (unpaired) electrons. The van der Waals surface area contributed by atoms with Crippen LogP contribution in [0.1, 0.15) is 24.8 Å². The van der Waals surface area contributed by atoms with Crippen molar-refractivity contribution in [1.82, 2.24) is 20.0 Å². The lowest BCUT2D eigenvalue weighted by Gasteiger charge is -2.29. The van der Waals surface area contributed by atoms with Gasteiger partial charge in [0.1, 0.15) is 5.82 Å². The molecule has 1 fully saturated rings. The van der Waals surface area contributed by atoms with Gasteiger partial charge in [-0.1, -0.05) is 29.8 Å². The Morgan fingerprint density at radius 1 is 1.16 bits per heavy atom. The number of hydrogen-bond acceptors (Lipinski definition) is 4. The highest BCUT2D eigenvalue weighted by molar-refractivity contribution is 6.33. The third kappa shape index (κ3) is 5.71. The lowest BCUT2D eigenvalue weighted by molar-refractivity contribution is 0.0702. The Morgan fingerprint density at radius 2 is 1.97 bits per heavy atom. The van der Waals surface area contributed by atoms with Crippen molar-refractivity contribution >= 4 is 11.6 Å². The van der Waals surface area contributed by atoms with E-state index in [1.807, 2.05) is 30.5 Å². The highest BCUT2D eigenvalue weighted by Crippen LogP contribution is 2.30. The minimum Gasteiger partial charge on any atom is -0.392 e. The van der Waals surface area contributed by atoms with Gasteiger partial charge in [0.15, 0.2) is 0 Å². The molecule has 0 spiro atoms. The summed E-state index contributed by atoms with van der Waals surface area (Å²) in [5, 5.41) is 18.7. The molecular weight excluding hydrogens is 415 g/mol. The van der Waals surface area contributed by atoms with Crippen molar-refractivity contribution in [3.05, 3.63) is 71.1 Å². The molecule has 1 saturated heterocycles. The number of aromatic nitrogens is 2. The van der Waals surface area contributed by atoms with E-state index in [0.29, 0.717) is 11.6 Å². The van der Waals surface area contributed by atoms with Crippen LogP contribution in [0, 0.1) is 5.82 Å². The van der Waals surface area contributed by atoms with E-state index in [-0.39, 0.29) is 11.9 Å². The maximum absolute atomic E-state index is 13.3. The zero-order valence-corrected chi connectivity index (χ0v) is 18.2. The fourth-order valence-electron chi connectivity index (χ4n) is 4.03. The molecule has 0 bridgehead atoms. The smallest absolute Gasteiger partial charge is 0.123 e. The molecule has 0 unspecified atom stereocenters. The SMILES string of the molecule is O[C@H]1CCCN(CCCNCc2cn(-c3ccc(F)cc3)nc2-c2ccccc2Cl)C1. The van der Waals surface area contributed by atoms with E-state index in [1.54, 1.807) is 16.8 Å². The molecule has 0 amide bonds. The first kappa shape index (κ1) is 22.0. The second-order valence-electron chi connectivity index (χ2n) is 8.03. The number of piperidine rings is 1. The maximum atomic E-state index is 13.3. The number of halogens is 2. The number of rotatable bonds is 8. The molecular formula is C24H28ClFN4O. The van der Waals surface area contributed by atoms with Gasteiger partial charge in [-0.25, -0.2) is 9.07 Å². The molecule has 4 rings (SSSR count). The van der Waals surface area contributed by atoms with Crippen molar-refractivity contribution < 1.29 is 9.50 Å². The van der Waals surface area contributed by atoms with Crippen molar-refractivity contribution in [3.8, 4) is 16.9 Å². The second-order valence-corrected chi connectivity index (χ2v) is 8.44. The molecule has 1 aromatic heterocycles. The Balaban J connectivity index is 1.44. The van der Waals surface area contributed by atoms with Crippen LogP contribution in [0.4, 0.5) is 4.39 Å². The molecule has 1 aliphatic heterocycles. The predicted octanol–water partition coefficient (Wildman–Crippen LogP) is 4.27. The summed E-state index contributed by atoms with van der Waals surface area (Å²) < 4.78 is 15.1. The highest BCUT2D eigenvalue weighted by Gasteiger charge is 2.17. The summed E-state index contributed by atoms with van der Waals surface area (Å²) in [4.78, 5) is 2.33. The van der Waals surface area contributed by atoms with Gasteiger partial charge in [0, 0.05) is 30.4 Å². The van der Waals surface area contributed by atoms with Crippen LogP contribution in [0.5, 0.6) is 0 Å². The number of aliphatic hydroxyl groups excluding tert-OH is 1. The van der Waals surface area contributed by atoms with Gasteiger partial charge < -0.3 is 15.3 Å². The Bertz CT molecular complexity index is 991. The minimum absolute atomic E-state index is 0.183. The van der Waals surface area contributed by atoms with E-state index >= 15 is 0 Å². The molecule has 2 N–H and O–H groups in total. The standard InChI is InChI=1S/C24H28ClFN4O/c25-23-7-2-1-6-22(23)24-18(16-30(28-24)20-10-8-19(26)9-11-20)15-27-12-4-14-29-13-3-5-21(31)17-29/h1-2,6-11,16,21,27,31H,3-5,12-15,17H2/t21-/m0/s1. The number of nitrogens with zero attached hydrogens (tertiary/aromatic N) is 3. The minimum atomic E-state index is -0.273. The quantitative estimate of drug-likeness (QED) is 0.511. The van der Waals surface area contributed by atoms with E-state index in [2.05, 4.69) is 10.2 Å². The zero-order chi connectivity index (χ0) is 21.6. The van der Waals surface area contributed by atoms with Gasteiger partial charge in [-0.15, -0.1) is 0 Å². The fraction of sp³-hybridized carbons (Fsp3) is 0.375. The molecule has 7 heteroatoms. The summed E-state index contributed by atoms with van der Waals surface area (Å²) in [6.45, 7) is 4.36. The number of aliphatic hydroxyl groups is 1. The van der Waals surface area contributed by atoms with Gasteiger partial charge in [0.05, 0.1) is 22.5 Å². The van der Waals surface area contributed by atoms with Crippen LogP contribution >= 0.6 is 11.6 Å². The molecule has 2 aromatic carbocycles. The van der Waals surface area contributed by atoms with Crippen molar-refractivity contribution in [2.45, 2.75) is 31.9 Å². The van der Waals surface area contributed by atoms with Gasteiger partial charge in [-0.3, -0.25) is 0 Å². The monoisotopic (exact) mass is 442 g/mol. The molecule has 1 aliphatic rings. The molecule has 3 aromatic rings. The van der Waals surface area contributed by atoms with Crippen LogP contribution in [-0.2, 0) is 6.54 Å². The van der Waals surface area contributed by atoms with Crippen molar-refractivity contribution in [2.75, 3.05) is 26.2 Å². The fourth-order valence-corrected chi connectivity index (χ4v) is 4.26. The van der Waals surface area contributed by atoms with Crippen LogP contribution in [0.2, 0.25) is 5.02 Å². The van der Waals surface area contributed by atoms with Gasteiger partial charge in [0.2, 0.25) is 0 Å². The largest absolute Gasteiger partial charge is 0.392 e. The average Bonchev–Trinajstić information content (AvgIpc) is 3.18. The predicted molar refractivity (Wildman–Crippen MR) is 122 cm³/mol. The van der Waals surface area contributed by atoms with E-state index in [0.717, 1.165) is 67.9 Å². The normalized spacial score (nSPS) is 17.2. The number of β-amino-alcohol motifs (C(OH)–C–C–N with tert-alkyl or cyclic N) is 1. The van der Waals surface area contributed by atoms with Crippen LogP contribution < -0.4 is 5.32 Å². The summed E-state index contributed by atoms with van der Waals surface area (Å²) in [6.07, 6.45) is 4.79. The van der Waals surface area contributed by atoms with E-state index < -0.39 is 0 Å². The van der Waals surface area contributed by atoms with Crippen molar-refractivity contribution in [3.63, 3.8) is 0 Å². The van der Waals surface area contributed by atoms with Crippen LogP contribution in [0.3, 0.4) is 0 Å². The maximum Gasteiger partial charge on any atom is 0.123 e. The molecule has 0 aliphatic carbocycles. The lowest BCUT2D eigenvalue weighted by atomic mass is 10.1. The summed E-state index contributed by atoms with van der Waals surface area (Å²) in [5.41, 5.74) is 3.53. The lowest BCUT2D eigenvalue weighted by Crippen LogP contribution is -2.39. The van der Waals surface area contributed by atoms with Gasteiger partial charge in [-0.05, 0) is 69.2 Å². The van der Waals surface area contributed by atoms with Crippen molar-refractivity contribution in [2.24, 2.45) is 0 Å². The number of hydrogen-bond donors (Lipinski definition) is 2. The topological polar surface area (TPSA) is 53.3 Å². The summed E-state index contributed by atoms with van der Waals surface area (Å²) in [5.74, 6) is -0.273. The molecule has 31 heavy (non-hydrogen) atoms. The van der Waals surface area contributed by atoms with E-state index in [9.17, 15) is 9.50 Å². The number of likely N-dealkylation sites (tertiary alicyclic amines) is 1. The van der Waals surface area contributed by atoms with Crippen LogP contribution in [-0.4, -0.2) is 52.1 Å². The first-order chi connectivity index (χ1) is 15.1. The average molecular weight is 443 g/mol. The molecule has 5 nitrogen and oxygen atoms in total. The molecule has 2 heterocycles. The summed E-state index contributed by atoms with van der Waals surface area (Å²) in [7, 11) is 0. The number of nitrogens with one attached hydrogen (secondary N) is 1. The Hall–Kier alpha value is -2.25. The third-order valence-electron chi connectivity index (χ3n) is 5.63. The first-order valence-electron chi connectivity index (χ1n) is 10.8. The first-order valence-corrected chi connectivity index (χ1v) is 11.2. The van der Waals surface area contributed by atoms with Crippen LogP contribution in [0.15, 0.2) is 54.7 Å². The molecule has 1 atom stereocenters.